The molecule has 1 amide bonds. The van der Waals surface area contributed by atoms with E-state index in [1.54, 1.807) is 34.5 Å². The van der Waals surface area contributed by atoms with Crippen LogP contribution in [-0.2, 0) is 6.54 Å². The molecule has 0 aliphatic carbocycles. The minimum atomic E-state index is -0.296. The molecule has 2 aromatic heterocycles. The highest BCUT2D eigenvalue weighted by atomic mass is 16.5. The Morgan fingerprint density at radius 2 is 1.59 bits per heavy atom. The van der Waals surface area contributed by atoms with Gasteiger partial charge in [0, 0.05) is 34.5 Å². The molecule has 0 fully saturated rings. The van der Waals surface area contributed by atoms with Crippen LogP contribution in [0.25, 0.3) is 33.1 Å². The van der Waals surface area contributed by atoms with Crippen LogP contribution < -0.4 is 24.3 Å². The van der Waals surface area contributed by atoms with E-state index >= 15 is 0 Å². The molecule has 0 radical (unpaired) electrons. The van der Waals surface area contributed by atoms with E-state index < -0.39 is 0 Å². The fourth-order valence-electron chi connectivity index (χ4n) is 4.41. The van der Waals surface area contributed by atoms with Crippen molar-refractivity contribution in [3.05, 3.63) is 78.0 Å². The molecule has 0 aliphatic heterocycles. The lowest BCUT2D eigenvalue weighted by Gasteiger charge is -2.13. The number of methoxy groups -OCH3 is 4. The number of carbonyl (C=O) groups excluding carboxylic acids is 1. The van der Waals surface area contributed by atoms with Crippen LogP contribution >= 0.6 is 0 Å². The highest BCUT2D eigenvalue weighted by Crippen LogP contribution is 2.38. The number of carbonyl (C=O) groups is 1. The Balaban J connectivity index is 1.57. The van der Waals surface area contributed by atoms with Gasteiger partial charge in [0.1, 0.15) is 17.2 Å². The molecule has 0 aliphatic rings. The molecule has 37 heavy (non-hydrogen) atoms. The van der Waals surface area contributed by atoms with Crippen LogP contribution in [0.5, 0.6) is 23.0 Å². The van der Waals surface area contributed by atoms with Crippen LogP contribution in [0.1, 0.15) is 16.1 Å². The van der Waals surface area contributed by atoms with Crippen LogP contribution in [0, 0.1) is 0 Å². The van der Waals surface area contributed by atoms with E-state index in [1.165, 1.54) is 0 Å². The largest absolute Gasteiger partial charge is 0.497 e. The van der Waals surface area contributed by atoms with Gasteiger partial charge >= 0.3 is 0 Å². The molecule has 0 saturated carbocycles. The van der Waals surface area contributed by atoms with Crippen LogP contribution in [0.2, 0.25) is 0 Å². The van der Waals surface area contributed by atoms with Crippen molar-refractivity contribution >= 4 is 27.7 Å². The summed E-state index contributed by atoms with van der Waals surface area (Å²) in [4.78, 5) is 21.6. The van der Waals surface area contributed by atoms with Gasteiger partial charge in [-0.1, -0.05) is 24.3 Å². The highest BCUT2D eigenvalue weighted by Gasteiger charge is 2.20. The average molecular weight is 498 g/mol. The summed E-state index contributed by atoms with van der Waals surface area (Å²) in [6, 6.07) is 20.8. The Morgan fingerprint density at radius 3 is 2.35 bits per heavy atom. The summed E-state index contributed by atoms with van der Waals surface area (Å²) >= 11 is 0. The lowest BCUT2D eigenvalue weighted by Crippen LogP contribution is -2.24. The molecule has 2 N–H and O–H groups in total. The van der Waals surface area contributed by atoms with Gasteiger partial charge in [-0.25, -0.2) is 4.98 Å². The van der Waals surface area contributed by atoms with Crippen LogP contribution in [0.3, 0.4) is 0 Å². The second-order valence-electron chi connectivity index (χ2n) is 8.39. The van der Waals surface area contributed by atoms with Crippen LogP contribution in [0.4, 0.5) is 0 Å². The van der Waals surface area contributed by atoms with E-state index in [9.17, 15) is 4.79 Å². The van der Waals surface area contributed by atoms with Crippen LogP contribution in [-0.4, -0.2) is 44.3 Å². The minimum Gasteiger partial charge on any atom is -0.497 e. The molecule has 5 aromatic rings. The molecule has 188 valence electrons. The quantitative estimate of drug-likeness (QED) is 0.300. The van der Waals surface area contributed by atoms with Crippen molar-refractivity contribution in [2.75, 3.05) is 28.4 Å². The zero-order chi connectivity index (χ0) is 25.9. The number of aromatic nitrogens is 2. The summed E-state index contributed by atoms with van der Waals surface area (Å²) in [5.41, 5.74) is 4.30. The number of nitrogens with one attached hydrogen (secondary N) is 2. The molecule has 8 heteroatoms. The Kier molecular flexibility index (Phi) is 6.55. The molecule has 0 saturated heterocycles. The number of hydrogen-bond donors (Lipinski definition) is 2. The van der Waals surface area contributed by atoms with Crippen molar-refractivity contribution in [2.45, 2.75) is 6.54 Å². The Morgan fingerprint density at radius 1 is 0.811 bits per heavy atom. The molecule has 0 spiro atoms. The maximum Gasteiger partial charge on any atom is 0.270 e. The molecule has 8 nitrogen and oxygen atoms in total. The van der Waals surface area contributed by atoms with Crippen LogP contribution in [0.15, 0.2) is 66.7 Å². The summed E-state index contributed by atoms with van der Waals surface area (Å²) in [5, 5.41) is 4.88. The lowest BCUT2D eigenvalue weighted by atomic mass is 10.0. The van der Waals surface area contributed by atoms with Gasteiger partial charge < -0.3 is 29.2 Å². The van der Waals surface area contributed by atoms with Gasteiger partial charge in [-0.3, -0.25) is 4.79 Å². The zero-order valence-corrected chi connectivity index (χ0v) is 21.0. The highest BCUT2D eigenvalue weighted by molar-refractivity contribution is 6.13. The summed E-state index contributed by atoms with van der Waals surface area (Å²) in [7, 11) is 6.36. The molecule has 5 rings (SSSR count). The molecular weight excluding hydrogens is 470 g/mol. The first-order chi connectivity index (χ1) is 18.1. The van der Waals surface area contributed by atoms with E-state index in [-0.39, 0.29) is 5.91 Å². The van der Waals surface area contributed by atoms with Gasteiger partial charge in [-0.05, 0) is 42.0 Å². The van der Waals surface area contributed by atoms with Gasteiger partial charge in [-0.2, -0.15) is 0 Å². The second-order valence-corrected chi connectivity index (χ2v) is 8.39. The molecule has 3 aromatic carbocycles. The summed E-state index contributed by atoms with van der Waals surface area (Å²) in [6.45, 7) is 0.300. The number of benzene rings is 3. The van der Waals surface area contributed by atoms with Crippen molar-refractivity contribution in [1.82, 2.24) is 15.3 Å². The molecule has 0 atom stereocenters. The normalized spacial score (nSPS) is 10.9. The molecule has 0 bridgehead atoms. The van der Waals surface area contributed by atoms with E-state index in [4.69, 9.17) is 23.9 Å². The van der Waals surface area contributed by atoms with E-state index in [1.807, 2.05) is 60.7 Å². The lowest BCUT2D eigenvalue weighted by molar-refractivity contribution is 0.0946. The second kappa shape index (κ2) is 10.1. The first-order valence-electron chi connectivity index (χ1n) is 11.7. The maximum atomic E-state index is 13.3. The van der Waals surface area contributed by atoms with Gasteiger partial charge in [0.2, 0.25) is 0 Å². The fraction of sp³-hybridized carbons (Fsp3) is 0.172. The SMILES string of the molecule is COc1ccc(-c2nc(C(=O)NCc3ccc(OC)c(OC)c3)cc3c2[nH]c2ccccc23)c(OC)c1. The minimum absolute atomic E-state index is 0.296. The van der Waals surface area contributed by atoms with Gasteiger partial charge in [0.05, 0.1) is 39.6 Å². The topological polar surface area (TPSA) is 94.7 Å². The smallest absolute Gasteiger partial charge is 0.270 e. The number of rotatable bonds is 8. The molecule has 2 heterocycles. The molecular formula is C29H27N3O5. The van der Waals surface area contributed by atoms with E-state index in [2.05, 4.69) is 10.3 Å². The standard InChI is InChI=1S/C29H27N3O5/c1-34-18-10-11-20(25(14-18)36-3)27-28-21(19-7-5-6-8-22(19)31-28)15-23(32-27)29(33)30-16-17-9-12-24(35-2)26(13-17)37-4/h5-15,31H,16H2,1-4H3,(H,30,33). The first kappa shape index (κ1) is 24.0. The fourth-order valence-corrected chi connectivity index (χ4v) is 4.41. The number of hydrogen-bond acceptors (Lipinski definition) is 6. The number of para-hydroxylation sites is 1. The predicted molar refractivity (Wildman–Crippen MR) is 143 cm³/mol. The first-order valence-corrected chi connectivity index (χ1v) is 11.7. The number of nitrogens with zero attached hydrogens (tertiary/aromatic N) is 1. The Hall–Kier alpha value is -4.72. The predicted octanol–water partition coefficient (Wildman–Crippen LogP) is 5.35. The zero-order valence-electron chi connectivity index (χ0n) is 21.0. The Labute approximate surface area is 214 Å². The van der Waals surface area contributed by atoms with Crippen molar-refractivity contribution in [3.8, 4) is 34.3 Å². The number of fused-ring (bicyclic) bond motifs is 3. The van der Waals surface area contributed by atoms with Gasteiger partial charge in [0.15, 0.2) is 11.5 Å². The summed E-state index contributed by atoms with van der Waals surface area (Å²) < 4.78 is 21.7. The van der Waals surface area contributed by atoms with Crippen molar-refractivity contribution in [1.29, 1.82) is 0 Å². The maximum absolute atomic E-state index is 13.3. The third-order valence-electron chi connectivity index (χ3n) is 6.29. The van der Waals surface area contributed by atoms with E-state index in [0.29, 0.717) is 40.9 Å². The van der Waals surface area contributed by atoms with E-state index in [0.717, 1.165) is 32.9 Å². The number of H-pyrrole nitrogens is 1. The van der Waals surface area contributed by atoms with Crippen molar-refractivity contribution < 1.29 is 23.7 Å². The summed E-state index contributed by atoms with van der Waals surface area (Å²) in [6.07, 6.45) is 0. The number of amides is 1. The molecule has 0 unspecified atom stereocenters. The number of aromatic amines is 1. The van der Waals surface area contributed by atoms with Gasteiger partial charge in [-0.15, -0.1) is 0 Å². The van der Waals surface area contributed by atoms with Gasteiger partial charge in [0.25, 0.3) is 5.91 Å². The van der Waals surface area contributed by atoms with Crippen molar-refractivity contribution in [2.24, 2.45) is 0 Å². The average Bonchev–Trinajstić information content (AvgIpc) is 3.33. The third kappa shape index (κ3) is 4.49. The number of ether oxygens (including phenoxy) is 4. The third-order valence-corrected chi connectivity index (χ3v) is 6.29. The number of pyridine rings is 1. The van der Waals surface area contributed by atoms with Crippen molar-refractivity contribution in [3.63, 3.8) is 0 Å². The summed E-state index contributed by atoms with van der Waals surface area (Å²) in [5.74, 6) is 2.19. The Bertz CT molecular complexity index is 1610. The monoisotopic (exact) mass is 497 g/mol.